The Morgan fingerprint density at radius 1 is 0.431 bits per heavy atom. The van der Waals surface area contributed by atoms with Gasteiger partial charge in [0.1, 0.15) is 0 Å². The van der Waals surface area contributed by atoms with Gasteiger partial charge in [-0.3, -0.25) is 0 Å². The Kier molecular flexibility index (Phi) is 6.78. The number of rotatable bonds is 5. The molecule has 0 atom stereocenters. The van der Waals surface area contributed by atoms with Crippen LogP contribution >= 0.6 is 11.3 Å². The van der Waals surface area contributed by atoms with E-state index < -0.39 is 0 Å². The standard InChI is InChI=1S/C49H35NS/c1-49(2)43-21-8-5-19-42(43)48-41(20-12-22-44(48)49)38-17-6-9-23-45(38)50(37-27-25-32-13-3-4-14-33(32)29-37)36-16-11-15-34(30-36)35-26-28-40-39-18-7-10-24-46(39)51-47(40)31-35/h3-31H,1-2H3. The second-order valence-corrected chi connectivity index (χ2v) is 15.2. The molecule has 0 saturated carbocycles. The van der Waals surface area contributed by atoms with Crippen molar-refractivity contribution in [3.63, 3.8) is 0 Å². The van der Waals surface area contributed by atoms with Gasteiger partial charge in [-0.15, -0.1) is 11.3 Å². The van der Waals surface area contributed by atoms with Crippen molar-refractivity contribution in [2.45, 2.75) is 19.3 Å². The fraction of sp³-hybridized carbons (Fsp3) is 0.0612. The summed E-state index contributed by atoms with van der Waals surface area (Å²) in [5.74, 6) is 0. The summed E-state index contributed by atoms with van der Waals surface area (Å²) in [5, 5.41) is 5.11. The molecule has 0 bridgehead atoms. The molecule has 0 unspecified atom stereocenters. The summed E-state index contributed by atoms with van der Waals surface area (Å²) in [6.45, 7) is 4.72. The van der Waals surface area contributed by atoms with E-state index in [1.807, 2.05) is 11.3 Å². The highest BCUT2D eigenvalue weighted by molar-refractivity contribution is 7.25. The van der Waals surface area contributed by atoms with Gasteiger partial charge in [-0.05, 0) is 92.2 Å². The Morgan fingerprint density at radius 3 is 2.02 bits per heavy atom. The molecule has 1 aliphatic carbocycles. The second-order valence-electron chi connectivity index (χ2n) is 14.1. The first-order valence-electron chi connectivity index (χ1n) is 17.7. The number of hydrogen-bond donors (Lipinski definition) is 0. The van der Waals surface area contributed by atoms with Crippen LogP contribution in [0.25, 0.3) is 64.3 Å². The number of fused-ring (bicyclic) bond motifs is 7. The van der Waals surface area contributed by atoms with Crippen molar-refractivity contribution in [3.05, 3.63) is 187 Å². The number of anilines is 3. The maximum Gasteiger partial charge on any atom is 0.0540 e. The molecule has 10 rings (SSSR count). The molecule has 0 aliphatic heterocycles. The number of benzene rings is 8. The average molecular weight is 670 g/mol. The molecule has 0 fully saturated rings. The van der Waals surface area contributed by atoms with Crippen LogP contribution in [-0.2, 0) is 5.41 Å². The molecule has 0 spiro atoms. The zero-order valence-electron chi connectivity index (χ0n) is 28.6. The molecular formula is C49H35NS. The minimum absolute atomic E-state index is 0.0707. The van der Waals surface area contributed by atoms with E-state index in [9.17, 15) is 0 Å². The number of para-hydroxylation sites is 1. The first kappa shape index (κ1) is 29.9. The van der Waals surface area contributed by atoms with Crippen molar-refractivity contribution in [1.29, 1.82) is 0 Å². The molecular weight excluding hydrogens is 635 g/mol. The van der Waals surface area contributed by atoms with E-state index in [0.717, 1.165) is 17.1 Å². The van der Waals surface area contributed by atoms with Crippen LogP contribution in [0.5, 0.6) is 0 Å². The van der Waals surface area contributed by atoms with Gasteiger partial charge in [-0.25, -0.2) is 0 Å². The van der Waals surface area contributed by atoms with Crippen LogP contribution in [-0.4, -0.2) is 0 Å². The van der Waals surface area contributed by atoms with E-state index in [0.29, 0.717) is 0 Å². The summed E-state index contributed by atoms with van der Waals surface area (Å²) in [6, 6.07) is 64.9. The van der Waals surface area contributed by atoms with Crippen LogP contribution in [0.15, 0.2) is 176 Å². The fourth-order valence-electron chi connectivity index (χ4n) is 8.35. The van der Waals surface area contributed by atoms with Gasteiger partial charge in [0.15, 0.2) is 0 Å². The lowest BCUT2D eigenvalue weighted by molar-refractivity contribution is 0.660. The number of hydrogen-bond acceptors (Lipinski definition) is 2. The number of thiophene rings is 1. The van der Waals surface area contributed by atoms with Crippen molar-refractivity contribution in [2.24, 2.45) is 0 Å². The smallest absolute Gasteiger partial charge is 0.0540 e. The van der Waals surface area contributed by atoms with Crippen molar-refractivity contribution in [2.75, 3.05) is 4.90 Å². The third-order valence-electron chi connectivity index (χ3n) is 10.9. The molecule has 0 amide bonds. The molecule has 1 aromatic heterocycles. The second kappa shape index (κ2) is 11.6. The summed E-state index contributed by atoms with van der Waals surface area (Å²) in [7, 11) is 0. The van der Waals surface area contributed by atoms with Gasteiger partial charge in [-0.1, -0.05) is 147 Å². The molecule has 9 aromatic rings. The normalized spacial score (nSPS) is 13.1. The SMILES string of the molecule is CC1(C)c2ccccc2-c2c(-c3ccccc3N(c3cccc(-c4ccc5c(c4)sc4ccccc45)c3)c3ccc4ccccc4c3)cccc21. The summed E-state index contributed by atoms with van der Waals surface area (Å²) >= 11 is 1.87. The predicted octanol–water partition coefficient (Wildman–Crippen LogP) is 14.3. The lowest BCUT2D eigenvalue weighted by Gasteiger charge is -2.29. The molecule has 0 saturated heterocycles. The summed E-state index contributed by atoms with van der Waals surface area (Å²) < 4.78 is 2.65. The zero-order valence-corrected chi connectivity index (χ0v) is 29.4. The van der Waals surface area contributed by atoms with Gasteiger partial charge < -0.3 is 4.90 Å². The van der Waals surface area contributed by atoms with Crippen LogP contribution in [0.1, 0.15) is 25.0 Å². The zero-order chi connectivity index (χ0) is 34.1. The largest absolute Gasteiger partial charge is 0.310 e. The number of nitrogens with zero attached hydrogens (tertiary/aromatic N) is 1. The van der Waals surface area contributed by atoms with Crippen molar-refractivity contribution in [1.82, 2.24) is 0 Å². The van der Waals surface area contributed by atoms with Crippen LogP contribution in [0.3, 0.4) is 0 Å². The van der Waals surface area contributed by atoms with E-state index in [-0.39, 0.29) is 5.41 Å². The maximum atomic E-state index is 2.45. The molecule has 1 nitrogen and oxygen atoms in total. The molecule has 1 aliphatic rings. The summed E-state index contributed by atoms with van der Waals surface area (Å²) in [5.41, 5.74) is 13.7. The Labute approximate surface area is 302 Å². The molecule has 8 aromatic carbocycles. The van der Waals surface area contributed by atoms with Crippen LogP contribution in [0, 0.1) is 0 Å². The van der Waals surface area contributed by atoms with Gasteiger partial charge in [0.25, 0.3) is 0 Å². The maximum absolute atomic E-state index is 2.45. The van der Waals surface area contributed by atoms with E-state index in [1.54, 1.807) is 0 Å². The lowest BCUT2D eigenvalue weighted by atomic mass is 9.82. The van der Waals surface area contributed by atoms with E-state index in [4.69, 9.17) is 0 Å². The molecule has 2 heteroatoms. The first-order chi connectivity index (χ1) is 25.0. The predicted molar refractivity (Wildman–Crippen MR) is 220 cm³/mol. The third kappa shape index (κ3) is 4.75. The van der Waals surface area contributed by atoms with Gasteiger partial charge >= 0.3 is 0 Å². The highest BCUT2D eigenvalue weighted by atomic mass is 32.1. The highest BCUT2D eigenvalue weighted by Crippen LogP contribution is 2.54. The lowest BCUT2D eigenvalue weighted by Crippen LogP contribution is -2.14. The van der Waals surface area contributed by atoms with Crippen molar-refractivity contribution >= 4 is 59.3 Å². The monoisotopic (exact) mass is 669 g/mol. The molecule has 0 N–H and O–H groups in total. The highest BCUT2D eigenvalue weighted by Gasteiger charge is 2.37. The van der Waals surface area contributed by atoms with Crippen LogP contribution in [0.4, 0.5) is 17.1 Å². The van der Waals surface area contributed by atoms with E-state index in [2.05, 4.69) is 195 Å². The Balaban J connectivity index is 1.18. The first-order valence-corrected chi connectivity index (χ1v) is 18.5. The van der Waals surface area contributed by atoms with Crippen molar-refractivity contribution in [3.8, 4) is 33.4 Å². The third-order valence-corrected chi connectivity index (χ3v) is 12.0. The van der Waals surface area contributed by atoms with Crippen LogP contribution < -0.4 is 4.90 Å². The fourth-order valence-corrected chi connectivity index (χ4v) is 9.49. The van der Waals surface area contributed by atoms with Crippen molar-refractivity contribution < 1.29 is 0 Å². The Hall–Kier alpha value is -5.96. The average Bonchev–Trinajstić information content (AvgIpc) is 3.67. The van der Waals surface area contributed by atoms with E-state index >= 15 is 0 Å². The summed E-state index contributed by atoms with van der Waals surface area (Å²) in [4.78, 5) is 2.45. The molecule has 0 radical (unpaired) electrons. The molecule has 242 valence electrons. The van der Waals surface area contributed by atoms with Crippen LogP contribution in [0.2, 0.25) is 0 Å². The molecule has 1 heterocycles. The van der Waals surface area contributed by atoms with Gasteiger partial charge in [0.2, 0.25) is 0 Å². The Morgan fingerprint density at radius 2 is 1.10 bits per heavy atom. The Bertz CT molecular complexity index is 2800. The van der Waals surface area contributed by atoms with Gasteiger partial charge in [-0.2, -0.15) is 0 Å². The quantitative estimate of drug-likeness (QED) is 0.176. The topological polar surface area (TPSA) is 3.24 Å². The molecule has 51 heavy (non-hydrogen) atoms. The van der Waals surface area contributed by atoms with E-state index in [1.165, 1.54) is 75.5 Å². The minimum Gasteiger partial charge on any atom is -0.310 e. The van der Waals surface area contributed by atoms with Gasteiger partial charge in [0, 0.05) is 42.5 Å². The van der Waals surface area contributed by atoms with Gasteiger partial charge in [0.05, 0.1) is 5.69 Å². The minimum atomic E-state index is -0.0707. The summed E-state index contributed by atoms with van der Waals surface area (Å²) in [6.07, 6.45) is 0.